The molecule has 0 aromatic carbocycles. The van der Waals surface area contributed by atoms with Crippen LogP contribution in [0.2, 0.25) is 0 Å². The van der Waals surface area contributed by atoms with Gasteiger partial charge in [0, 0.05) is 18.8 Å². The second-order valence-electron chi connectivity index (χ2n) is 5.65. The van der Waals surface area contributed by atoms with Crippen LogP contribution in [0.1, 0.15) is 50.3 Å². The molecule has 0 aliphatic carbocycles. The lowest BCUT2D eigenvalue weighted by Gasteiger charge is -2.30. The van der Waals surface area contributed by atoms with Crippen molar-refractivity contribution in [3.05, 3.63) is 30.4 Å². The van der Waals surface area contributed by atoms with Gasteiger partial charge in [-0.05, 0) is 51.4 Å². The molecule has 23 heavy (non-hydrogen) atoms. The van der Waals surface area contributed by atoms with Gasteiger partial charge in [-0.15, -0.1) is 0 Å². The molecule has 0 unspecified atom stereocenters. The zero-order valence-corrected chi connectivity index (χ0v) is 14.8. The molecule has 3 N–H and O–H groups in total. The first-order chi connectivity index (χ1) is 11.1. The van der Waals surface area contributed by atoms with E-state index in [-0.39, 0.29) is 0 Å². The maximum atomic E-state index is 5.64. The van der Waals surface area contributed by atoms with Crippen LogP contribution in [0, 0.1) is 0 Å². The number of H-pyrrole nitrogens is 1. The average molecular weight is 317 g/mol. The number of rotatable bonds is 11. The molecule has 0 fully saturated rings. The standard InChI is InChI=1S/C18H31N5/c1-6-15-16(7-2)22-18(21-15)13-23(12-10-9-11-19)17(8-3)14(4)20-5/h6-7,17H,1-2,8-13,19H2,3-5H3,(H,21,22)/t17-/m0/s1. The number of nitrogens with two attached hydrogens (primary N) is 1. The topological polar surface area (TPSA) is 70.3 Å². The van der Waals surface area contributed by atoms with Crippen molar-refractivity contribution in [2.24, 2.45) is 10.7 Å². The number of hydrogen-bond acceptors (Lipinski definition) is 4. The fourth-order valence-corrected chi connectivity index (χ4v) is 2.80. The number of unbranched alkanes of at least 4 members (excludes halogenated alkanes) is 1. The fraction of sp³-hybridized carbons (Fsp3) is 0.556. The molecule has 0 radical (unpaired) electrons. The van der Waals surface area contributed by atoms with E-state index in [1.165, 1.54) is 0 Å². The van der Waals surface area contributed by atoms with E-state index >= 15 is 0 Å². The van der Waals surface area contributed by atoms with Gasteiger partial charge in [0.2, 0.25) is 0 Å². The normalized spacial score (nSPS) is 13.3. The minimum Gasteiger partial charge on any atom is -0.341 e. The molecule has 1 rings (SSSR count). The molecule has 5 heteroatoms. The van der Waals surface area contributed by atoms with Crippen LogP contribution in [0.3, 0.4) is 0 Å². The van der Waals surface area contributed by atoms with Gasteiger partial charge in [0.25, 0.3) is 0 Å². The van der Waals surface area contributed by atoms with E-state index in [4.69, 9.17) is 5.73 Å². The van der Waals surface area contributed by atoms with E-state index in [1.54, 1.807) is 12.2 Å². The van der Waals surface area contributed by atoms with Gasteiger partial charge in [0.15, 0.2) is 0 Å². The number of aliphatic imine (C=N–C) groups is 1. The van der Waals surface area contributed by atoms with Crippen LogP contribution in [0.25, 0.3) is 12.2 Å². The number of aromatic nitrogens is 2. The Bertz CT molecular complexity index is 504. The Labute approximate surface area is 140 Å². The number of aromatic amines is 1. The molecule has 0 saturated heterocycles. The van der Waals surface area contributed by atoms with Crippen LogP contribution >= 0.6 is 0 Å². The highest BCUT2D eigenvalue weighted by Gasteiger charge is 2.20. The highest BCUT2D eigenvalue weighted by molar-refractivity contribution is 5.87. The van der Waals surface area contributed by atoms with Gasteiger partial charge < -0.3 is 10.7 Å². The highest BCUT2D eigenvalue weighted by Crippen LogP contribution is 2.15. The van der Waals surface area contributed by atoms with Crippen molar-refractivity contribution in [1.82, 2.24) is 14.9 Å². The van der Waals surface area contributed by atoms with Crippen LogP contribution in [-0.2, 0) is 6.54 Å². The first-order valence-corrected chi connectivity index (χ1v) is 8.32. The number of hydrogen-bond donors (Lipinski definition) is 2. The smallest absolute Gasteiger partial charge is 0.121 e. The van der Waals surface area contributed by atoms with E-state index in [1.807, 2.05) is 7.05 Å². The van der Waals surface area contributed by atoms with E-state index in [9.17, 15) is 0 Å². The quantitative estimate of drug-likeness (QED) is 0.486. The van der Waals surface area contributed by atoms with Crippen LogP contribution < -0.4 is 5.73 Å². The average Bonchev–Trinajstić information content (AvgIpc) is 2.97. The predicted molar refractivity (Wildman–Crippen MR) is 101 cm³/mol. The van der Waals surface area contributed by atoms with Crippen molar-refractivity contribution >= 4 is 17.9 Å². The monoisotopic (exact) mass is 317 g/mol. The Kier molecular flexibility index (Phi) is 8.51. The lowest BCUT2D eigenvalue weighted by Crippen LogP contribution is -2.40. The molecule has 0 aliphatic rings. The summed E-state index contributed by atoms with van der Waals surface area (Å²) in [5, 5.41) is 0. The largest absolute Gasteiger partial charge is 0.341 e. The first-order valence-electron chi connectivity index (χ1n) is 8.32. The molecule has 0 saturated carbocycles. The summed E-state index contributed by atoms with van der Waals surface area (Å²) in [5.41, 5.74) is 8.57. The summed E-state index contributed by atoms with van der Waals surface area (Å²) in [5.74, 6) is 0.935. The van der Waals surface area contributed by atoms with E-state index in [0.717, 1.165) is 61.8 Å². The van der Waals surface area contributed by atoms with Crippen molar-refractivity contribution in [2.75, 3.05) is 20.1 Å². The molecule has 0 aliphatic heterocycles. The molecular weight excluding hydrogens is 286 g/mol. The lowest BCUT2D eigenvalue weighted by molar-refractivity contribution is 0.218. The third-order valence-corrected chi connectivity index (χ3v) is 4.12. The molecule has 0 amide bonds. The molecular formula is C18H31N5. The van der Waals surface area contributed by atoms with Gasteiger partial charge in [-0.3, -0.25) is 9.89 Å². The fourth-order valence-electron chi connectivity index (χ4n) is 2.80. The maximum absolute atomic E-state index is 5.64. The van der Waals surface area contributed by atoms with Crippen molar-refractivity contribution < 1.29 is 0 Å². The molecule has 1 aromatic heterocycles. The predicted octanol–water partition coefficient (Wildman–Crippen LogP) is 3.11. The van der Waals surface area contributed by atoms with Gasteiger partial charge in [0.1, 0.15) is 5.82 Å². The molecule has 128 valence electrons. The minimum absolute atomic E-state index is 0.322. The zero-order chi connectivity index (χ0) is 17.2. The number of nitrogens with one attached hydrogen (secondary N) is 1. The number of imidazole rings is 1. The summed E-state index contributed by atoms with van der Waals surface area (Å²) in [7, 11) is 1.86. The Morgan fingerprint density at radius 2 is 2.13 bits per heavy atom. The molecule has 1 aromatic rings. The molecule has 1 atom stereocenters. The lowest BCUT2D eigenvalue weighted by atomic mass is 10.1. The minimum atomic E-state index is 0.322. The third kappa shape index (κ3) is 5.44. The Morgan fingerprint density at radius 1 is 1.39 bits per heavy atom. The summed E-state index contributed by atoms with van der Waals surface area (Å²) in [4.78, 5) is 14.8. The van der Waals surface area contributed by atoms with Crippen LogP contribution in [0.15, 0.2) is 18.2 Å². The molecule has 0 spiro atoms. The third-order valence-electron chi connectivity index (χ3n) is 4.12. The van der Waals surface area contributed by atoms with Crippen molar-refractivity contribution in [3.63, 3.8) is 0 Å². The van der Waals surface area contributed by atoms with E-state index < -0.39 is 0 Å². The van der Waals surface area contributed by atoms with Crippen LogP contribution in [-0.4, -0.2) is 46.8 Å². The van der Waals surface area contributed by atoms with Gasteiger partial charge in [-0.25, -0.2) is 4.98 Å². The summed E-state index contributed by atoms with van der Waals surface area (Å²) in [6.07, 6.45) is 6.67. The first kappa shape index (κ1) is 19.3. The van der Waals surface area contributed by atoms with Gasteiger partial charge >= 0.3 is 0 Å². The Hall–Kier alpha value is -1.72. The summed E-state index contributed by atoms with van der Waals surface area (Å²) >= 11 is 0. The summed E-state index contributed by atoms with van der Waals surface area (Å²) in [6.45, 7) is 14.4. The second kappa shape index (κ2) is 10.1. The SMILES string of the molecule is C=Cc1nc(CN(CCCCN)[C@@H](CC)C(C)=NC)[nH]c1C=C. The van der Waals surface area contributed by atoms with E-state index in [2.05, 4.69) is 46.9 Å². The molecule has 0 bridgehead atoms. The molecule has 5 nitrogen and oxygen atoms in total. The van der Waals surface area contributed by atoms with Crippen molar-refractivity contribution in [3.8, 4) is 0 Å². The Morgan fingerprint density at radius 3 is 2.61 bits per heavy atom. The summed E-state index contributed by atoms with van der Waals surface area (Å²) in [6, 6.07) is 0.322. The zero-order valence-electron chi connectivity index (χ0n) is 14.8. The van der Waals surface area contributed by atoms with Gasteiger partial charge in [0.05, 0.1) is 17.9 Å². The maximum Gasteiger partial charge on any atom is 0.121 e. The van der Waals surface area contributed by atoms with Crippen molar-refractivity contribution in [2.45, 2.75) is 45.7 Å². The summed E-state index contributed by atoms with van der Waals surface area (Å²) < 4.78 is 0. The van der Waals surface area contributed by atoms with Crippen LogP contribution in [0.4, 0.5) is 0 Å². The van der Waals surface area contributed by atoms with Gasteiger partial charge in [-0.1, -0.05) is 20.1 Å². The highest BCUT2D eigenvalue weighted by atomic mass is 15.2. The van der Waals surface area contributed by atoms with Crippen molar-refractivity contribution in [1.29, 1.82) is 0 Å². The van der Waals surface area contributed by atoms with E-state index in [0.29, 0.717) is 6.04 Å². The Balaban J connectivity index is 2.96. The number of nitrogens with zero attached hydrogens (tertiary/aromatic N) is 3. The molecule has 1 heterocycles. The second-order valence-corrected chi connectivity index (χ2v) is 5.65. The van der Waals surface area contributed by atoms with Crippen LogP contribution in [0.5, 0.6) is 0 Å². The van der Waals surface area contributed by atoms with Gasteiger partial charge in [-0.2, -0.15) is 0 Å².